The third kappa shape index (κ3) is 3.76. The highest BCUT2D eigenvalue weighted by Crippen LogP contribution is 2.20. The van der Waals surface area contributed by atoms with Gasteiger partial charge in [0.15, 0.2) is 9.84 Å². The molecule has 2 unspecified atom stereocenters. The Kier molecular flexibility index (Phi) is 4.26. The molecule has 1 aromatic carbocycles. The van der Waals surface area contributed by atoms with Gasteiger partial charge in [-0.15, -0.1) is 0 Å². The molecule has 0 amide bonds. The topological polar surface area (TPSA) is 46.2 Å². The van der Waals surface area contributed by atoms with Gasteiger partial charge in [-0.1, -0.05) is 12.1 Å². The lowest BCUT2D eigenvalue weighted by Crippen LogP contribution is -2.26. The average Bonchev–Trinajstić information content (AvgIpc) is 2.69. The Hall–Kier alpha value is -0.940. The van der Waals surface area contributed by atoms with Crippen LogP contribution in [0.2, 0.25) is 0 Å². The fourth-order valence-corrected chi connectivity index (χ4v) is 4.23. The largest absolute Gasteiger partial charge is 0.310 e. The van der Waals surface area contributed by atoms with E-state index < -0.39 is 9.84 Å². The average molecular weight is 285 g/mol. The number of aryl methyl sites for hydroxylation is 1. The van der Waals surface area contributed by atoms with Crippen LogP contribution in [0.3, 0.4) is 0 Å². The minimum absolute atomic E-state index is 0.0263. The van der Waals surface area contributed by atoms with Crippen molar-refractivity contribution in [3.63, 3.8) is 0 Å². The van der Waals surface area contributed by atoms with Gasteiger partial charge >= 0.3 is 0 Å². The van der Waals surface area contributed by atoms with Gasteiger partial charge in [0.2, 0.25) is 0 Å². The lowest BCUT2D eigenvalue weighted by atomic mass is 10.0. The van der Waals surface area contributed by atoms with Crippen molar-refractivity contribution in [1.29, 1.82) is 0 Å². The van der Waals surface area contributed by atoms with E-state index >= 15 is 0 Å². The summed E-state index contributed by atoms with van der Waals surface area (Å²) in [7, 11) is -2.82. The SMILES string of the molecule is Cc1ccc(C(C)NCC2CCS(=O)(=O)C2)cc1F. The molecule has 1 saturated heterocycles. The van der Waals surface area contributed by atoms with E-state index in [2.05, 4.69) is 5.32 Å². The summed E-state index contributed by atoms with van der Waals surface area (Å²) in [5, 5.41) is 3.29. The van der Waals surface area contributed by atoms with Crippen LogP contribution in [-0.2, 0) is 9.84 Å². The predicted molar refractivity (Wildman–Crippen MR) is 74.3 cm³/mol. The van der Waals surface area contributed by atoms with Crippen LogP contribution in [0, 0.1) is 18.7 Å². The van der Waals surface area contributed by atoms with Crippen LogP contribution in [-0.4, -0.2) is 26.5 Å². The molecule has 1 N–H and O–H groups in total. The van der Waals surface area contributed by atoms with Crippen LogP contribution in [0.15, 0.2) is 18.2 Å². The van der Waals surface area contributed by atoms with Gasteiger partial charge in [0.1, 0.15) is 5.82 Å². The lowest BCUT2D eigenvalue weighted by molar-refractivity contribution is 0.474. The summed E-state index contributed by atoms with van der Waals surface area (Å²) in [6.07, 6.45) is 0.727. The second-order valence-corrected chi connectivity index (χ2v) is 7.64. The molecule has 0 aromatic heterocycles. The summed E-state index contributed by atoms with van der Waals surface area (Å²) >= 11 is 0. The summed E-state index contributed by atoms with van der Waals surface area (Å²) in [6.45, 7) is 4.37. The van der Waals surface area contributed by atoms with Crippen LogP contribution in [0.1, 0.15) is 30.5 Å². The zero-order valence-corrected chi connectivity index (χ0v) is 12.1. The summed E-state index contributed by atoms with van der Waals surface area (Å²) in [5.41, 5.74) is 1.53. The quantitative estimate of drug-likeness (QED) is 0.922. The van der Waals surface area contributed by atoms with E-state index in [9.17, 15) is 12.8 Å². The first kappa shape index (κ1) is 14.5. The summed E-state index contributed by atoms with van der Waals surface area (Å²) in [5.74, 6) is 0.555. The number of hydrogen-bond acceptors (Lipinski definition) is 3. The Bertz CT molecular complexity index is 557. The Labute approximate surface area is 114 Å². The van der Waals surface area contributed by atoms with E-state index in [4.69, 9.17) is 0 Å². The molecule has 3 nitrogen and oxygen atoms in total. The summed E-state index contributed by atoms with van der Waals surface area (Å²) in [4.78, 5) is 0. The van der Waals surface area contributed by atoms with E-state index in [1.54, 1.807) is 19.1 Å². The van der Waals surface area contributed by atoms with Crippen LogP contribution in [0.4, 0.5) is 4.39 Å². The van der Waals surface area contributed by atoms with Crippen molar-refractivity contribution in [3.05, 3.63) is 35.1 Å². The van der Waals surface area contributed by atoms with Crippen molar-refractivity contribution in [1.82, 2.24) is 5.32 Å². The van der Waals surface area contributed by atoms with Gasteiger partial charge in [0, 0.05) is 6.04 Å². The molecule has 1 aromatic rings. The molecule has 19 heavy (non-hydrogen) atoms. The fraction of sp³-hybridized carbons (Fsp3) is 0.571. The van der Waals surface area contributed by atoms with Crippen molar-refractivity contribution in [2.75, 3.05) is 18.1 Å². The second kappa shape index (κ2) is 5.59. The van der Waals surface area contributed by atoms with E-state index in [1.165, 1.54) is 0 Å². The number of rotatable bonds is 4. The minimum Gasteiger partial charge on any atom is -0.310 e. The second-order valence-electron chi connectivity index (χ2n) is 5.41. The molecule has 0 spiro atoms. The van der Waals surface area contributed by atoms with Gasteiger partial charge in [0.05, 0.1) is 11.5 Å². The molecule has 2 rings (SSSR count). The number of benzene rings is 1. The van der Waals surface area contributed by atoms with Crippen LogP contribution in [0.25, 0.3) is 0 Å². The molecular weight excluding hydrogens is 265 g/mol. The first-order valence-corrected chi connectivity index (χ1v) is 8.39. The summed E-state index contributed by atoms with van der Waals surface area (Å²) < 4.78 is 36.2. The zero-order chi connectivity index (χ0) is 14.0. The highest BCUT2D eigenvalue weighted by atomic mass is 32.2. The number of halogens is 1. The summed E-state index contributed by atoms with van der Waals surface area (Å²) in [6, 6.07) is 5.24. The maximum absolute atomic E-state index is 13.5. The first-order chi connectivity index (χ1) is 8.87. The third-order valence-corrected chi connectivity index (χ3v) is 5.57. The monoisotopic (exact) mass is 285 g/mol. The van der Waals surface area contributed by atoms with Gasteiger partial charge in [-0.25, -0.2) is 12.8 Å². The van der Waals surface area contributed by atoms with Gasteiger partial charge in [-0.2, -0.15) is 0 Å². The van der Waals surface area contributed by atoms with Gasteiger partial charge in [-0.3, -0.25) is 0 Å². The highest BCUT2D eigenvalue weighted by molar-refractivity contribution is 7.91. The highest BCUT2D eigenvalue weighted by Gasteiger charge is 2.27. The maximum Gasteiger partial charge on any atom is 0.150 e. The van der Waals surface area contributed by atoms with Crippen molar-refractivity contribution in [2.45, 2.75) is 26.3 Å². The predicted octanol–water partition coefficient (Wildman–Crippen LogP) is 2.22. The Morgan fingerprint density at radius 1 is 1.47 bits per heavy atom. The molecule has 0 bridgehead atoms. The molecule has 1 aliphatic heterocycles. The van der Waals surface area contributed by atoms with E-state index in [0.717, 1.165) is 12.0 Å². The Balaban J connectivity index is 1.91. The number of sulfone groups is 1. The van der Waals surface area contributed by atoms with Crippen molar-refractivity contribution < 1.29 is 12.8 Å². The lowest BCUT2D eigenvalue weighted by Gasteiger charge is -2.17. The Morgan fingerprint density at radius 3 is 2.79 bits per heavy atom. The zero-order valence-electron chi connectivity index (χ0n) is 11.3. The molecule has 0 radical (unpaired) electrons. The molecular formula is C14H20FNO2S. The molecule has 5 heteroatoms. The van der Waals surface area contributed by atoms with E-state index in [-0.39, 0.29) is 23.5 Å². The maximum atomic E-state index is 13.5. The molecule has 0 saturated carbocycles. The molecule has 1 heterocycles. The molecule has 0 aliphatic carbocycles. The van der Waals surface area contributed by atoms with Crippen molar-refractivity contribution in [2.24, 2.45) is 5.92 Å². The standard InChI is InChI=1S/C14H20FNO2S/c1-10-3-4-13(7-14(10)15)11(2)16-8-12-5-6-19(17,18)9-12/h3-4,7,11-12,16H,5-6,8-9H2,1-2H3. The van der Waals surface area contributed by atoms with Crippen molar-refractivity contribution in [3.8, 4) is 0 Å². The van der Waals surface area contributed by atoms with Gasteiger partial charge < -0.3 is 5.32 Å². The number of nitrogens with one attached hydrogen (secondary N) is 1. The van der Waals surface area contributed by atoms with Gasteiger partial charge in [0.25, 0.3) is 0 Å². The number of hydrogen-bond donors (Lipinski definition) is 1. The normalized spacial score (nSPS) is 23.4. The Morgan fingerprint density at radius 2 is 2.21 bits per heavy atom. The smallest absolute Gasteiger partial charge is 0.150 e. The third-order valence-electron chi connectivity index (χ3n) is 3.74. The molecule has 1 aliphatic rings. The van der Waals surface area contributed by atoms with Crippen molar-refractivity contribution >= 4 is 9.84 Å². The molecule has 1 fully saturated rings. The molecule has 2 atom stereocenters. The van der Waals surface area contributed by atoms with Crippen LogP contribution < -0.4 is 5.32 Å². The van der Waals surface area contributed by atoms with Crippen LogP contribution in [0.5, 0.6) is 0 Å². The van der Waals surface area contributed by atoms with E-state index in [0.29, 0.717) is 17.9 Å². The van der Waals surface area contributed by atoms with Gasteiger partial charge in [-0.05, 0) is 49.9 Å². The minimum atomic E-state index is -2.82. The van der Waals surface area contributed by atoms with Crippen LogP contribution >= 0.6 is 0 Å². The first-order valence-electron chi connectivity index (χ1n) is 6.57. The van der Waals surface area contributed by atoms with E-state index in [1.807, 2.05) is 13.0 Å². The fourth-order valence-electron chi connectivity index (χ4n) is 2.37. The molecule has 106 valence electrons.